The molecule has 0 aliphatic carbocycles. The molecule has 52 valence electrons. The number of carbonyl (C=O) groups is 1. The van der Waals surface area contributed by atoms with Crippen LogP contribution in [0.1, 0.15) is 16.2 Å². The fourth-order valence-corrected chi connectivity index (χ4v) is 1.17. The van der Waals surface area contributed by atoms with Crippen LogP contribution in [-0.4, -0.2) is 10.8 Å². The molecule has 0 amide bonds. The molecular weight excluding hydrogens is 146 g/mol. The fourth-order valence-electron chi connectivity index (χ4n) is 0.580. The second-order valence-electron chi connectivity index (χ2n) is 1.75. The quantitative estimate of drug-likeness (QED) is 0.490. The predicted molar refractivity (Wildman–Crippen MR) is 41.3 cm³/mol. The summed E-state index contributed by atoms with van der Waals surface area (Å²) < 4.78 is 0. The van der Waals surface area contributed by atoms with E-state index in [9.17, 15) is 4.79 Å². The molecule has 3 heteroatoms. The average molecular weight is 153 g/mol. The Hall–Kier alpha value is -0.960. The van der Waals surface area contributed by atoms with Crippen LogP contribution < -0.4 is 0 Å². The molecule has 0 saturated carbocycles. The van der Waals surface area contributed by atoms with Crippen LogP contribution in [0.2, 0.25) is 0 Å². The molecule has 0 radical (unpaired) electrons. The summed E-state index contributed by atoms with van der Waals surface area (Å²) in [5.41, 5.74) is 0. The van der Waals surface area contributed by atoms with Crippen LogP contribution in [-0.2, 0) is 0 Å². The van der Waals surface area contributed by atoms with Crippen LogP contribution >= 0.6 is 11.3 Å². The summed E-state index contributed by atoms with van der Waals surface area (Å²) in [6, 6.07) is 0. The molecule has 0 aliphatic heterocycles. The lowest BCUT2D eigenvalue weighted by Crippen LogP contribution is -1.94. The molecule has 2 nitrogen and oxygen atoms in total. The first kappa shape index (κ1) is 7.15. The van der Waals surface area contributed by atoms with Crippen molar-refractivity contribution >= 4 is 17.1 Å². The van der Waals surface area contributed by atoms with Gasteiger partial charge in [0.1, 0.15) is 0 Å². The van der Waals surface area contributed by atoms with Gasteiger partial charge in [-0.3, -0.25) is 4.79 Å². The zero-order chi connectivity index (χ0) is 7.40. The molecule has 0 N–H and O–H groups in total. The molecule has 1 heterocycles. The van der Waals surface area contributed by atoms with Crippen molar-refractivity contribution in [2.45, 2.75) is 6.42 Å². The average Bonchev–Trinajstić information content (AvgIpc) is 2.38. The van der Waals surface area contributed by atoms with Gasteiger partial charge in [0, 0.05) is 18.0 Å². The van der Waals surface area contributed by atoms with Gasteiger partial charge in [0.15, 0.2) is 10.8 Å². The molecule has 0 saturated heterocycles. The van der Waals surface area contributed by atoms with Crippen molar-refractivity contribution in [3.8, 4) is 0 Å². The standard InChI is InChI=1S/C7H7NOS/c1-2-3-6(9)7-8-4-5-10-7/h2,4-5H,1,3H2. The molecule has 1 rings (SSSR count). The number of hydrogen-bond acceptors (Lipinski definition) is 3. The van der Waals surface area contributed by atoms with Crippen LogP contribution in [0.4, 0.5) is 0 Å². The number of allylic oxidation sites excluding steroid dienone is 1. The van der Waals surface area contributed by atoms with Gasteiger partial charge in [0.2, 0.25) is 0 Å². The maximum absolute atomic E-state index is 11.0. The first-order valence-corrected chi connectivity index (χ1v) is 3.76. The van der Waals surface area contributed by atoms with Crippen molar-refractivity contribution in [2.75, 3.05) is 0 Å². The van der Waals surface area contributed by atoms with Crippen LogP contribution in [0.15, 0.2) is 24.2 Å². The van der Waals surface area contributed by atoms with Crippen LogP contribution in [0.3, 0.4) is 0 Å². The van der Waals surface area contributed by atoms with Gasteiger partial charge in [-0.05, 0) is 0 Å². The van der Waals surface area contributed by atoms with Gasteiger partial charge in [-0.2, -0.15) is 0 Å². The van der Waals surface area contributed by atoms with E-state index in [0.717, 1.165) is 0 Å². The van der Waals surface area contributed by atoms with Crippen LogP contribution in [0.25, 0.3) is 0 Å². The van der Waals surface area contributed by atoms with E-state index in [2.05, 4.69) is 11.6 Å². The number of thiazole rings is 1. The summed E-state index contributed by atoms with van der Waals surface area (Å²) in [4.78, 5) is 14.8. The van der Waals surface area contributed by atoms with Crippen LogP contribution in [0.5, 0.6) is 0 Å². The summed E-state index contributed by atoms with van der Waals surface area (Å²) >= 11 is 1.36. The van der Waals surface area contributed by atoms with Crippen molar-refractivity contribution in [3.05, 3.63) is 29.2 Å². The van der Waals surface area contributed by atoms with Crippen molar-refractivity contribution in [3.63, 3.8) is 0 Å². The third-order valence-electron chi connectivity index (χ3n) is 1.00. The Morgan fingerprint density at radius 2 is 2.70 bits per heavy atom. The third-order valence-corrected chi connectivity index (χ3v) is 1.81. The van der Waals surface area contributed by atoms with E-state index in [1.165, 1.54) is 11.3 Å². The zero-order valence-electron chi connectivity index (χ0n) is 5.41. The molecule has 0 unspecified atom stereocenters. The second kappa shape index (κ2) is 3.27. The normalized spacial score (nSPS) is 9.20. The van der Waals surface area contributed by atoms with Gasteiger partial charge < -0.3 is 0 Å². The Bertz CT molecular complexity index is 228. The third kappa shape index (κ3) is 1.51. The number of aromatic nitrogens is 1. The van der Waals surface area contributed by atoms with Gasteiger partial charge in [0.25, 0.3) is 0 Å². The smallest absolute Gasteiger partial charge is 0.195 e. The Balaban J connectivity index is 2.68. The SMILES string of the molecule is C=CCC(=O)c1nccs1. The Morgan fingerprint density at radius 1 is 1.90 bits per heavy atom. The van der Waals surface area contributed by atoms with E-state index in [-0.39, 0.29) is 5.78 Å². The molecule has 10 heavy (non-hydrogen) atoms. The van der Waals surface area contributed by atoms with Crippen molar-refractivity contribution in [1.29, 1.82) is 0 Å². The molecule has 1 aromatic heterocycles. The lowest BCUT2D eigenvalue weighted by molar-refractivity contribution is 0.0995. The highest BCUT2D eigenvalue weighted by Crippen LogP contribution is 2.06. The first-order valence-electron chi connectivity index (χ1n) is 2.88. The van der Waals surface area contributed by atoms with Crippen molar-refractivity contribution < 1.29 is 4.79 Å². The molecule has 1 aromatic rings. The Morgan fingerprint density at radius 3 is 3.20 bits per heavy atom. The Kier molecular flexibility index (Phi) is 2.34. The highest BCUT2D eigenvalue weighted by molar-refractivity contribution is 7.11. The summed E-state index contributed by atoms with van der Waals surface area (Å²) in [6.45, 7) is 3.47. The van der Waals surface area contributed by atoms with Crippen molar-refractivity contribution in [1.82, 2.24) is 4.98 Å². The molecule has 0 atom stereocenters. The number of ketones is 1. The highest BCUT2D eigenvalue weighted by atomic mass is 32.1. The maximum Gasteiger partial charge on any atom is 0.195 e. The summed E-state index contributed by atoms with van der Waals surface area (Å²) in [5.74, 6) is 0.0463. The van der Waals surface area contributed by atoms with E-state index in [4.69, 9.17) is 0 Å². The monoisotopic (exact) mass is 153 g/mol. The van der Waals surface area contributed by atoms with Gasteiger partial charge >= 0.3 is 0 Å². The number of carbonyl (C=O) groups excluding carboxylic acids is 1. The molecule has 0 bridgehead atoms. The maximum atomic E-state index is 11.0. The zero-order valence-corrected chi connectivity index (χ0v) is 6.23. The number of rotatable bonds is 3. The van der Waals surface area contributed by atoms with E-state index in [0.29, 0.717) is 11.4 Å². The predicted octanol–water partition coefficient (Wildman–Crippen LogP) is 1.90. The summed E-state index contributed by atoms with van der Waals surface area (Å²) in [7, 11) is 0. The largest absolute Gasteiger partial charge is 0.291 e. The topological polar surface area (TPSA) is 30.0 Å². The van der Waals surface area contributed by atoms with Gasteiger partial charge in [-0.1, -0.05) is 6.08 Å². The Labute approximate surface area is 63.2 Å². The van der Waals surface area contributed by atoms with E-state index >= 15 is 0 Å². The minimum atomic E-state index is 0.0463. The molecule has 0 spiro atoms. The van der Waals surface area contributed by atoms with Gasteiger partial charge in [-0.25, -0.2) is 4.98 Å². The molecule has 0 aliphatic rings. The molecule has 0 aromatic carbocycles. The summed E-state index contributed by atoms with van der Waals surface area (Å²) in [6.07, 6.45) is 3.60. The minimum Gasteiger partial charge on any atom is -0.291 e. The van der Waals surface area contributed by atoms with Crippen LogP contribution in [0, 0.1) is 0 Å². The highest BCUT2D eigenvalue weighted by Gasteiger charge is 2.04. The fraction of sp³-hybridized carbons (Fsp3) is 0.143. The van der Waals surface area contributed by atoms with E-state index < -0.39 is 0 Å². The number of hydrogen-bond donors (Lipinski definition) is 0. The van der Waals surface area contributed by atoms with Gasteiger partial charge in [0.05, 0.1) is 0 Å². The minimum absolute atomic E-state index is 0.0463. The molecule has 0 fully saturated rings. The summed E-state index contributed by atoms with van der Waals surface area (Å²) in [5, 5.41) is 2.36. The number of nitrogens with zero attached hydrogens (tertiary/aromatic N) is 1. The van der Waals surface area contributed by atoms with Crippen molar-refractivity contribution in [2.24, 2.45) is 0 Å². The van der Waals surface area contributed by atoms with E-state index in [1.807, 2.05) is 0 Å². The van der Waals surface area contributed by atoms with Gasteiger partial charge in [-0.15, -0.1) is 17.9 Å². The molecular formula is C7H7NOS. The lowest BCUT2D eigenvalue weighted by atomic mass is 10.3. The second-order valence-corrected chi connectivity index (χ2v) is 2.65. The first-order chi connectivity index (χ1) is 4.84. The lowest BCUT2D eigenvalue weighted by Gasteiger charge is -1.86. The number of Topliss-reactive ketones (excluding diaryl/α,β-unsaturated/α-hetero) is 1. The van der Waals surface area contributed by atoms with E-state index in [1.54, 1.807) is 17.7 Å².